The number of allylic oxidation sites excluding steroid dienone is 1. The highest BCUT2D eigenvalue weighted by Crippen LogP contribution is 2.22. The molecule has 0 fully saturated rings. The highest BCUT2D eigenvalue weighted by Gasteiger charge is 2.41. The van der Waals surface area contributed by atoms with Crippen LogP contribution >= 0.6 is 0 Å². The number of hydrogen-bond donors (Lipinski definition) is 1. The second-order valence-corrected chi connectivity index (χ2v) is 4.06. The molecule has 0 spiro atoms. The fourth-order valence-corrected chi connectivity index (χ4v) is 1.13. The van der Waals surface area contributed by atoms with Crippen LogP contribution in [-0.4, -0.2) is 38.7 Å². The molecule has 0 aromatic rings. The summed E-state index contributed by atoms with van der Waals surface area (Å²) in [5.41, 5.74) is 0.975. The van der Waals surface area contributed by atoms with Crippen LogP contribution in [-0.2, 0) is 4.74 Å². The zero-order chi connectivity index (χ0) is 13.5. The van der Waals surface area contributed by atoms with E-state index in [1.807, 2.05) is 6.92 Å². The van der Waals surface area contributed by atoms with E-state index in [0.29, 0.717) is 6.42 Å². The first kappa shape index (κ1) is 16.4. The van der Waals surface area contributed by atoms with Crippen LogP contribution < -0.4 is 5.32 Å². The summed E-state index contributed by atoms with van der Waals surface area (Å²) in [5, 5.41) is 2.87. The Hall–Kier alpha value is -0.620. The lowest BCUT2D eigenvalue weighted by molar-refractivity contribution is -0.167. The van der Waals surface area contributed by atoms with E-state index in [-0.39, 0.29) is 12.6 Å². The van der Waals surface area contributed by atoms with Crippen molar-refractivity contribution in [3.05, 3.63) is 12.2 Å². The number of alkyl halides is 4. The van der Waals surface area contributed by atoms with Crippen LogP contribution in [0.5, 0.6) is 0 Å². The Labute approximate surface area is 99.0 Å². The molecule has 0 radical (unpaired) electrons. The van der Waals surface area contributed by atoms with Gasteiger partial charge in [-0.05, 0) is 26.8 Å². The van der Waals surface area contributed by atoms with Gasteiger partial charge in [-0.15, -0.1) is 6.58 Å². The molecule has 1 N–H and O–H groups in total. The molecule has 0 saturated heterocycles. The van der Waals surface area contributed by atoms with E-state index in [1.165, 1.54) is 0 Å². The second kappa shape index (κ2) is 7.66. The van der Waals surface area contributed by atoms with Crippen molar-refractivity contribution in [1.29, 1.82) is 0 Å². The predicted octanol–water partition coefficient (Wildman–Crippen LogP) is 2.85. The Morgan fingerprint density at radius 1 is 1.41 bits per heavy atom. The van der Waals surface area contributed by atoms with E-state index in [1.54, 1.807) is 7.05 Å². The molecule has 0 aliphatic carbocycles. The molecule has 1 unspecified atom stereocenters. The number of hydrogen-bond acceptors (Lipinski definition) is 2. The summed E-state index contributed by atoms with van der Waals surface area (Å²) in [6.45, 7) is 4.30. The number of rotatable bonds is 9. The topological polar surface area (TPSA) is 21.3 Å². The van der Waals surface area contributed by atoms with Crippen LogP contribution in [0.1, 0.15) is 19.8 Å². The van der Waals surface area contributed by atoms with Gasteiger partial charge in [0.15, 0.2) is 0 Å². The van der Waals surface area contributed by atoms with Crippen molar-refractivity contribution in [1.82, 2.24) is 5.32 Å². The minimum absolute atomic E-state index is 0.0217. The van der Waals surface area contributed by atoms with Crippen LogP contribution in [0.15, 0.2) is 12.2 Å². The van der Waals surface area contributed by atoms with Crippen molar-refractivity contribution in [3.8, 4) is 0 Å². The smallest absolute Gasteiger partial charge is 0.330 e. The molecule has 102 valence electrons. The van der Waals surface area contributed by atoms with Crippen molar-refractivity contribution in [2.24, 2.45) is 0 Å². The van der Waals surface area contributed by atoms with Gasteiger partial charge in [-0.2, -0.15) is 8.78 Å². The number of likely N-dealkylation sites (N-methyl/N-ethyl adjacent to an activating group) is 1. The largest absolute Gasteiger partial charge is 0.373 e. The Kier molecular flexibility index (Phi) is 7.38. The van der Waals surface area contributed by atoms with Gasteiger partial charge in [0, 0.05) is 6.04 Å². The molecule has 0 aromatic carbocycles. The summed E-state index contributed by atoms with van der Waals surface area (Å²) in [6.07, 6.45) is -2.28. The van der Waals surface area contributed by atoms with Gasteiger partial charge in [0.1, 0.15) is 6.61 Å². The molecule has 0 aromatic heterocycles. The number of halogens is 4. The van der Waals surface area contributed by atoms with Gasteiger partial charge in [-0.1, -0.05) is 5.57 Å². The Bertz CT molecular complexity index is 234. The molecule has 6 heteroatoms. The molecule has 17 heavy (non-hydrogen) atoms. The van der Waals surface area contributed by atoms with Crippen molar-refractivity contribution in [3.63, 3.8) is 0 Å². The van der Waals surface area contributed by atoms with Gasteiger partial charge in [0.05, 0.1) is 6.61 Å². The number of nitrogens with one attached hydrogen (secondary N) is 1. The summed E-state index contributed by atoms with van der Waals surface area (Å²) >= 11 is 0. The molecule has 0 bridgehead atoms. The van der Waals surface area contributed by atoms with Crippen LogP contribution in [0, 0.1) is 0 Å². The van der Waals surface area contributed by atoms with Crippen LogP contribution in [0.4, 0.5) is 17.6 Å². The van der Waals surface area contributed by atoms with Crippen molar-refractivity contribution < 1.29 is 22.3 Å². The van der Waals surface area contributed by atoms with E-state index in [0.717, 1.165) is 12.0 Å². The van der Waals surface area contributed by atoms with Crippen molar-refractivity contribution in [2.45, 2.75) is 38.2 Å². The maximum atomic E-state index is 12.5. The minimum atomic E-state index is -4.08. The van der Waals surface area contributed by atoms with Gasteiger partial charge >= 0.3 is 12.3 Å². The third-order valence-corrected chi connectivity index (χ3v) is 2.26. The van der Waals surface area contributed by atoms with E-state index >= 15 is 0 Å². The Balaban J connectivity index is 3.87. The van der Waals surface area contributed by atoms with Crippen LogP contribution in [0.2, 0.25) is 0 Å². The second-order valence-electron chi connectivity index (χ2n) is 4.06. The summed E-state index contributed by atoms with van der Waals surface area (Å²) < 4.78 is 53.3. The van der Waals surface area contributed by atoms with E-state index < -0.39 is 19.0 Å². The molecule has 0 aliphatic heterocycles. The molecule has 2 nitrogen and oxygen atoms in total. The lowest BCUT2D eigenvalue weighted by Gasteiger charge is -2.19. The zero-order valence-electron chi connectivity index (χ0n) is 10.1. The maximum Gasteiger partial charge on any atom is 0.330 e. The van der Waals surface area contributed by atoms with Gasteiger partial charge in [-0.3, -0.25) is 0 Å². The molecule has 0 heterocycles. The van der Waals surface area contributed by atoms with Gasteiger partial charge < -0.3 is 10.1 Å². The zero-order valence-corrected chi connectivity index (χ0v) is 10.1. The fraction of sp³-hybridized carbons (Fsp3) is 0.818. The molecule has 0 amide bonds. The van der Waals surface area contributed by atoms with Crippen molar-refractivity contribution >= 4 is 0 Å². The quantitative estimate of drug-likeness (QED) is 0.506. The monoisotopic (exact) mass is 257 g/mol. The van der Waals surface area contributed by atoms with Gasteiger partial charge in [0.25, 0.3) is 0 Å². The fourth-order valence-electron chi connectivity index (χ4n) is 1.13. The molecule has 0 aliphatic rings. The Morgan fingerprint density at radius 2 is 2.00 bits per heavy atom. The van der Waals surface area contributed by atoms with Gasteiger partial charge in [-0.25, -0.2) is 8.78 Å². The van der Waals surface area contributed by atoms with E-state index in [2.05, 4.69) is 16.6 Å². The highest BCUT2D eigenvalue weighted by atomic mass is 19.3. The number of ether oxygens (including phenoxy) is 1. The lowest BCUT2D eigenvalue weighted by Crippen LogP contribution is -2.36. The normalized spacial score (nSPS) is 14.1. The SMILES string of the molecule is C=C(C)CCC(COCC(F)(F)C(F)F)NC. The Morgan fingerprint density at radius 3 is 2.41 bits per heavy atom. The third-order valence-electron chi connectivity index (χ3n) is 2.26. The van der Waals surface area contributed by atoms with E-state index in [4.69, 9.17) is 0 Å². The summed E-state index contributed by atoms with van der Waals surface area (Å²) in [6, 6.07) is -0.139. The first-order valence-electron chi connectivity index (χ1n) is 5.35. The highest BCUT2D eigenvalue weighted by molar-refractivity contribution is 4.89. The summed E-state index contributed by atoms with van der Waals surface area (Å²) in [5.74, 6) is -4.08. The minimum Gasteiger partial charge on any atom is -0.373 e. The van der Waals surface area contributed by atoms with Crippen LogP contribution in [0.3, 0.4) is 0 Å². The standard InChI is InChI=1S/C11H19F4NO/c1-8(2)4-5-9(16-3)6-17-7-11(14,15)10(12)13/h9-10,16H,1,4-7H2,2-3H3. The first-order valence-corrected chi connectivity index (χ1v) is 5.35. The molecule has 0 saturated carbocycles. The maximum absolute atomic E-state index is 12.5. The summed E-state index contributed by atoms with van der Waals surface area (Å²) in [7, 11) is 1.66. The molecule has 1 atom stereocenters. The van der Waals surface area contributed by atoms with Crippen LogP contribution in [0.25, 0.3) is 0 Å². The lowest BCUT2D eigenvalue weighted by atomic mass is 10.1. The molecular formula is C11H19F4NO. The first-order chi connectivity index (χ1) is 7.79. The average Bonchev–Trinajstić information content (AvgIpc) is 2.22. The average molecular weight is 257 g/mol. The predicted molar refractivity (Wildman–Crippen MR) is 58.7 cm³/mol. The van der Waals surface area contributed by atoms with E-state index in [9.17, 15) is 17.6 Å². The molecule has 0 rings (SSSR count). The summed E-state index contributed by atoms with van der Waals surface area (Å²) in [4.78, 5) is 0. The van der Waals surface area contributed by atoms with Crippen molar-refractivity contribution in [2.75, 3.05) is 20.3 Å². The molecular weight excluding hydrogens is 238 g/mol. The third kappa shape index (κ3) is 7.33. The van der Waals surface area contributed by atoms with Gasteiger partial charge in [0.2, 0.25) is 0 Å².